The maximum absolute atomic E-state index is 6.11. The van der Waals surface area contributed by atoms with Crippen molar-refractivity contribution < 1.29 is 9.47 Å². The fourth-order valence-corrected chi connectivity index (χ4v) is 3.54. The topological polar surface area (TPSA) is 46.1 Å². The number of nitrogens with zero attached hydrogens (tertiary/aromatic N) is 2. The van der Waals surface area contributed by atoms with Gasteiger partial charge >= 0.3 is 0 Å². The predicted octanol–water partition coefficient (Wildman–Crippen LogP) is 2.55. The Morgan fingerprint density at radius 3 is 2.57 bits per heavy atom. The average Bonchev–Trinajstić information content (AvgIpc) is 2.56. The van der Waals surface area contributed by atoms with E-state index in [0.717, 1.165) is 58.1 Å². The SMILES string of the molecule is CCN=C(NC1CCC1)N1CCC(OCC2CCCCO2)CC1. The first kappa shape index (κ1) is 17.0. The smallest absolute Gasteiger partial charge is 0.194 e. The van der Waals surface area contributed by atoms with Gasteiger partial charge in [-0.1, -0.05) is 0 Å². The molecule has 23 heavy (non-hydrogen) atoms. The van der Waals surface area contributed by atoms with E-state index in [1.165, 1.54) is 32.1 Å². The molecule has 132 valence electrons. The van der Waals surface area contributed by atoms with Gasteiger partial charge in [-0.15, -0.1) is 0 Å². The van der Waals surface area contributed by atoms with E-state index in [1.54, 1.807) is 0 Å². The lowest BCUT2D eigenvalue weighted by atomic mass is 9.93. The monoisotopic (exact) mass is 323 g/mol. The lowest BCUT2D eigenvalue weighted by molar-refractivity contribution is -0.0721. The van der Waals surface area contributed by atoms with Crippen LogP contribution >= 0.6 is 0 Å². The first-order chi connectivity index (χ1) is 11.3. The van der Waals surface area contributed by atoms with Crippen LogP contribution < -0.4 is 5.32 Å². The molecule has 1 unspecified atom stereocenters. The Hall–Kier alpha value is -0.810. The van der Waals surface area contributed by atoms with E-state index in [4.69, 9.17) is 9.47 Å². The molecule has 3 aliphatic rings. The Labute approximate surface area is 140 Å². The Kier molecular flexibility index (Phi) is 6.57. The van der Waals surface area contributed by atoms with E-state index in [-0.39, 0.29) is 0 Å². The number of ether oxygens (including phenoxy) is 2. The minimum atomic E-state index is 0.333. The van der Waals surface area contributed by atoms with Gasteiger partial charge in [-0.25, -0.2) is 0 Å². The summed E-state index contributed by atoms with van der Waals surface area (Å²) in [5.41, 5.74) is 0. The molecule has 2 heterocycles. The van der Waals surface area contributed by atoms with Crippen LogP contribution in [0.5, 0.6) is 0 Å². The van der Waals surface area contributed by atoms with Gasteiger partial charge < -0.3 is 19.7 Å². The van der Waals surface area contributed by atoms with Crippen molar-refractivity contribution in [3.8, 4) is 0 Å². The van der Waals surface area contributed by atoms with Gasteiger partial charge in [0.2, 0.25) is 0 Å². The van der Waals surface area contributed by atoms with Crippen LogP contribution in [0.15, 0.2) is 4.99 Å². The number of hydrogen-bond donors (Lipinski definition) is 1. The summed E-state index contributed by atoms with van der Waals surface area (Å²) < 4.78 is 11.9. The summed E-state index contributed by atoms with van der Waals surface area (Å²) >= 11 is 0. The van der Waals surface area contributed by atoms with E-state index in [0.29, 0.717) is 18.2 Å². The standard InChI is InChI=1S/C18H33N3O2/c1-2-19-18(20-15-6-5-7-15)21-11-9-16(10-12-21)23-14-17-8-3-4-13-22-17/h15-17H,2-14H2,1H3,(H,19,20). The number of piperidine rings is 1. The van der Waals surface area contributed by atoms with Gasteiger partial charge in [-0.05, 0) is 58.3 Å². The molecule has 0 aromatic heterocycles. The Balaban J connectivity index is 1.38. The fraction of sp³-hybridized carbons (Fsp3) is 0.944. The van der Waals surface area contributed by atoms with Crippen molar-refractivity contribution >= 4 is 5.96 Å². The van der Waals surface area contributed by atoms with Crippen molar-refractivity contribution in [2.24, 2.45) is 4.99 Å². The molecule has 0 bridgehead atoms. The normalized spacial score (nSPS) is 27.8. The molecular weight excluding hydrogens is 290 g/mol. The molecule has 0 amide bonds. The number of hydrogen-bond acceptors (Lipinski definition) is 3. The van der Waals surface area contributed by atoms with Gasteiger partial charge in [0.15, 0.2) is 5.96 Å². The van der Waals surface area contributed by atoms with Crippen molar-refractivity contribution in [2.45, 2.75) is 76.5 Å². The Bertz CT molecular complexity index is 370. The van der Waals surface area contributed by atoms with E-state index >= 15 is 0 Å². The molecule has 1 saturated carbocycles. The summed E-state index contributed by atoms with van der Waals surface area (Å²) in [5, 5.41) is 3.64. The summed E-state index contributed by atoms with van der Waals surface area (Å²) in [5.74, 6) is 1.12. The molecule has 3 rings (SSSR count). The number of aliphatic imine (C=N–C) groups is 1. The van der Waals surface area contributed by atoms with Crippen molar-refractivity contribution in [1.82, 2.24) is 10.2 Å². The fourth-order valence-electron chi connectivity index (χ4n) is 3.54. The molecular formula is C18H33N3O2. The van der Waals surface area contributed by atoms with Gasteiger partial charge in [-0.2, -0.15) is 0 Å². The zero-order valence-corrected chi connectivity index (χ0v) is 14.6. The van der Waals surface area contributed by atoms with Gasteiger partial charge in [-0.3, -0.25) is 4.99 Å². The first-order valence-corrected chi connectivity index (χ1v) is 9.64. The highest BCUT2D eigenvalue weighted by molar-refractivity contribution is 5.80. The predicted molar refractivity (Wildman–Crippen MR) is 92.9 cm³/mol. The minimum absolute atomic E-state index is 0.333. The van der Waals surface area contributed by atoms with Gasteiger partial charge in [0.25, 0.3) is 0 Å². The van der Waals surface area contributed by atoms with Crippen molar-refractivity contribution in [1.29, 1.82) is 0 Å². The highest BCUT2D eigenvalue weighted by atomic mass is 16.5. The second-order valence-corrected chi connectivity index (χ2v) is 7.08. The summed E-state index contributed by atoms with van der Waals surface area (Å²) in [4.78, 5) is 7.10. The molecule has 3 fully saturated rings. The molecule has 1 atom stereocenters. The van der Waals surface area contributed by atoms with Crippen LogP contribution in [0.2, 0.25) is 0 Å². The molecule has 0 radical (unpaired) electrons. The zero-order chi connectivity index (χ0) is 15.9. The Morgan fingerprint density at radius 1 is 1.13 bits per heavy atom. The number of rotatable bonds is 5. The van der Waals surface area contributed by atoms with E-state index < -0.39 is 0 Å². The molecule has 1 N–H and O–H groups in total. The van der Waals surface area contributed by atoms with Crippen LogP contribution in [0, 0.1) is 0 Å². The van der Waals surface area contributed by atoms with Crippen molar-refractivity contribution in [2.75, 3.05) is 32.8 Å². The van der Waals surface area contributed by atoms with Gasteiger partial charge in [0, 0.05) is 32.3 Å². The zero-order valence-electron chi connectivity index (χ0n) is 14.6. The van der Waals surface area contributed by atoms with Crippen LogP contribution in [-0.2, 0) is 9.47 Å². The van der Waals surface area contributed by atoms with Crippen LogP contribution in [0.1, 0.15) is 58.3 Å². The van der Waals surface area contributed by atoms with Crippen LogP contribution in [0.3, 0.4) is 0 Å². The maximum atomic E-state index is 6.11. The van der Waals surface area contributed by atoms with Crippen molar-refractivity contribution in [3.63, 3.8) is 0 Å². The van der Waals surface area contributed by atoms with E-state index in [2.05, 4.69) is 22.1 Å². The third-order valence-corrected chi connectivity index (χ3v) is 5.28. The number of nitrogens with one attached hydrogen (secondary N) is 1. The summed E-state index contributed by atoms with van der Waals surface area (Å²) in [6.45, 7) is 6.76. The Morgan fingerprint density at radius 2 is 1.96 bits per heavy atom. The largest absolute Gasteiger partial charge is 0.376 e. The summed E-state index contributed by atoms with van der Waals surface area (Å²) in [6, 6.07) is 0.651. The third kappa shape index (κ3) is 5.08. The quantitative estimate of drug-likeness (QED) is 0.624. The second-order valence-electron chi connectivity index (χ2n) is 7.08. The van der Waals surface area contributed by atoms with Crippen LogP contribution in [0.25, 0.3) is 0 Å². The highest BCUT2D eigenvalue weighted by Crippen LogP contribution is 2.20. The molecule has 2 aliphatic heterocycles. The lowest BCUT2D eigenvalue weighted by Gasteiger charge is -2.37. The molecule has 5 heteroatoms. The third-order valence-electron chi connectivity index (χ3n) is 5.28. The van der Waals surface area contributed by atoms with Crippen molar-refractivity contribution in [3.05, 3.63) is 0 Å². The van der Waals surface area contributed by atoms with Crippen LogP contribution in [0.4, 0.5) is 0 Å². The molecule has 0 spiro atoms. The molecule has 2 saturated heterocycles. The van der Waals surface area contributed by atoms with E-state index in [1.807, 2.05) is 0 Å². The number of guanidine groups is 1. The second kappa shape index (κ2) is 8.88. The highest BCUT2D eigenvalue weighted by Gasteiger charge is 2.26. The summed E-state index contributed by atoms with van der Waals surface area (Å²) in [7, 11) is 0. The first-order valence-electron chi connectivity index (χ1n) is 9.64. The summed E-state index contributed by atoms with van der Waals surface area (Å²) in [6.07, 6.45) is 10.5. The molecule has 0 aromatic rings. The number of likely N-dealkylation sites (tertiary alicyclic amines) is 1. The van der Waals surface area contributed by atoms with Crippen LogP contribution in [-0.4, -0.2) is 62.0 Å². The molecule has 5 nitrogen and oxygen atoms in total. The van der Waals surface area contributed by atoms with Gasteiger partial charge in [0.1, 0.15) is 0 Å². The lowest BCUT2D eigenvalue weighted by Crippen LogP contribution is -2.51. The molecule has 0 aromatic carbocycles. The van der Waals surface area contributed by atoms with E-state index in [9.17, 15) is 0 Å². The van der Waals surface area contributed by atoms with Gasteiger partial charge in [0.05, 0.1) is 18.8 Å². The maximum Gasteiger partial charge on any atom is 0.194 e. The minimum Gasteiger partial charge on any atom is -0.376 e. The molecule has 1 aliphatic carbocycles. The average molecular weight is 323 g/mol.